The normalized spacial score (nSPS) is 24.4. The lowest BCUT2D eigenvalue weighted by Crippen LogP contribution is -2.47. The molecule has 8 heteroatoms. The number of amides is 2. The van der Waals surface area contributed by atoms with E-state index in [1.165, 1.54) is 12.1 Å². The number of hydrogen-bond acceptors (Lipinski definition) is 3. The van der Waals surface area contributed by atoms with Crippen molar-refractivity contribution in [1.29, 1.82) is 0 Å². The first-order valence-electron chi connectivity index (χ1n) is 10.8. The topological polar surface area (TPSA) is 83.6 Å². The van der Waals surface area contributed by atoms with E-state index in [-0.39, 0.29) is 35.4 Å². The summed E-state index contributed by atoms with van der Waals surface area (Å²) < 4.78 is 39.2. The Morgan fingerprint density at radius 3 is 1.77 bits per heavy atom. The summed E-state index contributed by atoms with van der Waals surface area (Å²) >= 11 is 0. The van der Waals surface area contributed by atoms with Crippen molar-refractivity contribution < 1.29 is 27.9 Å². The lowest BCUT2D eigenvalue weighted by atomic mass is 9.69. The maximum Gasteiger partial charge on any atom is 0.421 e. The summed E-state index contributed by atoms with van der Waals surface area (Å²) in [6.07, 6.45) is 0.151. The molecule has 1 aromatic carbocycles. The van der Waals surface area contributed by atoms with Gasteiger partial charge < -0.3 is 15.7 Å². The molecular formula is C23H31F3N2O3. The number of hydrogen-bond donors (Lipinski definition) is 2. The first kappa shape index (κ1) is 23.6. The number of aliphatic hydroxyl groups is 1. The van der Waals surface area contributed by atoms with Gasteiger partial charge in [0, 0.05) is 23.1 Å². The minimum atomic E-state index is -4.81. The quantitative estimate of drug-likeness (QED) is 0.698. The van der Waals surface area contributed by atoms with Crippen LogP contribution in [0.5, 0.6) is 0 Å². The second-order valence-electron chi connectivity index (χ2n) is 9.68. The highest BCUT2D eigenvalue weighted by molar-refractivity contribution is 5.95. The van der Waals surface area contributed by atoms with E-state index in [2.05, 4.69) is 0 Å². The van der Waals surface area contributed by atoms with E-state index in [1.807, 2.05) is 18.7 Å². The second-order valence-corrected chi connectivity index (χ2v) is 9.68. The van der Waals surface area contributed by atoms with Crippen LogP contribution in [0.3, 0.4) is 0 Å². The molecule has 2 aliphatic rings. The molecule has 0 aromatic heterocycles. The van der Waals surface area contributed by atoms with Crippen LogP contribution in [0.2, 0.25) is 0 Å². The Bertz CT molecular complexity index is 821. The van der Waals surface area contributed by atoms with Crippen LogP contribution in [0, 0.1) is 11.3 Å². The van der Waals surface area contributed by atoms with Gasteiger partial charge in [-0.2, -0.15) is 13.2 Å². The van der Waals surface area contributed by atoms with Crippen LogP contribution in [0.4, 0.5) is 13.2 Å². The summed E-state index contributed by atoms with van der Waals surface area (Å²) in [6.45, 7) is 4.43. The van der Waals surface area contributed by atoms with Gasteiger partial charge in [0.05, 0.1) is 0 Å². The summed E-state index contributed by atoms with van der Waals surface area (Å²) in [5.74, 6) is -0.347. The van der Waals surface area contributed by atoms with E-state index in [0.717, 1.165) is 50.7 Å². The van der Waals surface area contributed by atoms with E-state index in [0.29, 0.717) is 12.5 Å². The number of benzene rings is 1. The molecule has 0 aliphatic heterocycles. The van der Waals surface area contributed by atoms with Crippen molar-refractivity contribution in [3.63, 3.8) is 0 Å². The van der Waals surface area contributed by atoms with Gasteiger partial charge in [0.2, 0.25) is 5.91 Å². The average Bonchev–Trinajstić information content (AvgIpc) is 3.52. The summed E-state index contributed by atoms with van der Waals surface area (Å²) in [4.78, 5) is 26.9. The Hall–Kier alpha value is -2.09. The summed E-state index contributed by atoms with van der Waals surface area (Å²) in [6, 6.07) is 5.23. The number of carbonyl (C=O) groups excluding carboxylic acids is 2. The van der Waals surface area contributed by atoms with Crippen molar-refractivity contribution >= 4 is 11.8 Å². The third-order valence-electron chi connectivity index (χ3n) is 7.17. The van der Waals surface area contributed by atoms with Crippen LogP contribution >= 0.6 is 0 Å². The van der Waals surface area contributed by atoms with Crippen LogP contribution in [0.1, 0.15) is 75.2 Å². The van der Waals surface area contributed by atoms with E-state index >= 15 is 0 Å². The molecule has 0 spiro atoms. The second kappa shape index (κ2) is 8.11. The molecule has 172 valence electrons. The molecule has 1 atom stereocenters. The van der Waals surface area contributed by atoms with Gasteiger partial charge in [-0.05, 0) is 69.1 Å². The Morgan fingerprint density at radius 1 is 0.935 bits per heavy atom. The number of alkyl halides is 3. The largest absolute Gasteiger partial charge is 0.421 e. The predicted octanol–water partition coefficient (Wildman–Crippen LogP) is 4.13. The van der Waals surface area contributed by atoms with Crippen LogP contribution in [-0.4, -0.2) is 40.1 Å². The van der Waals surface area contributed by atoms with Crippen LogP contribution in [-0.2, 0) is 10.4 Å². The molecule has 31 heavy (non-hydrogen) atoms. The molecular weight excluding hydrogens is 409 g/mol. The summed E-state index contributed by atoms with van der Waals surface area (Å²) in [7, 11) is 0. The lowest BCUT2D eigenvalue weighted by molar-refractivity contribution is -0.258. The summed E-state index contributed by atoms with van der Waals surface area (Å²) in [5, 5.41) is 9.84. The first-order chi connectivity index (χ1) is 14.3. The molecule has 3 rings (SSSR count). The Kier molecular flexibility index (Phi) is 6.17. The molecule has 0 unspecified atom stereocenters. The van der Waals surface area contributed by atoms with Gasteiger partial charge in [0.1, 0.15) is 0 Å². The molecule has 1 aromatic rings. The first-order valence-corrected chi connectivity index (χ1v) is 10.8. The smallest absolute Gasteiger partial charge is 0.376 e. The molecule has 0 bridgehead atoms. The maximum absolute atomic E-state index is 13.2. The molecule has 2 fully saturated rings. The molecule has 0 heterocycles. The van der Waals surface area contributed by atoms with Crippen LogP contribution in [0.15, 0.2) is 24.3 Å². The highest BCUT2D eigenvalue weighted by Crippen LogP contribution is 2.42. The molecule has 2 aliphatic carbocycles. The molecule has 0 radical (unpaired) electrons. The van der Waals surface area contributed by atoms with Gasteiger partial charge in [-0.1, -0.05) is 26.0 Å². The van der Waals surface area contributed by atoms with Crippen molar-refractivity contribution in [1.82, 2.24) is 4.90 Å². The van der Waals surface area contributed by atoms with Gasteiger partial charge >= 0.3 is 6.18 Å². The van der Waals surface area contributed by atoms with Gasteiger partial charge in [-0.3, -0.25) is 9.59 Å². The zero-order chi connectivity index (χ0) is 23.2. The van der Waals surface area contributed by atoms with Crippen LogP contribution < -0.4 is 5.73 Å². The van der Waals surface area contributed by atoms with Crippen molar-refractivity contribution in [3.05, 3.63) is 35.4 Å². The highest BCUT2D eigenvalue weighted by atomic mass is 19.4. The third-order valence-corrected chi connectivity index (χ3v) is 7.17. The average molecular weight is 441 g/mol. The molecule has 2 amide bonds. The fourth-order valence-electron chi connectivity index (χ4n) is 4.51. The standard InChI is InChI=1S/C23H31F3N2O3/c1-21(2,20(27)30)15-8-10-17(11-9-15)28(18-12-13-18)19(29)14-4-6-16(7-5-14)22(3,31)23(24,25)26/h4-7,15,17-18,31H,8-13H2,1-3H3,(H2,27,30)/t15-,17-,22-/m0/s1. The minimum absolute atomic E-state index is 0.0397. The van der Waals surface area contributed by atoms with Crippen molar-refractivity contribution in [2.75, 3.05) is 0 Å². The van der Waals surface area contributed by atoms with Gasteiger partial charge in [0.15, 0.2) is 5.60 Å². The number of halogens is 3. The Labute approximate surface area is 180 Å². The number of nitrogens with zero attached hydrogens (tertiary/aromatic N) is 1. The van der Waals surface area contributed by atoms with Crippen molar-refractivity contribution in [2.45, 2.75) is 83.2 Å². The lowest BCUT2D eigenvalue weighted by Gasteiger charge is -2.41. The zero-order valence-electron chi connectivity index (χ0n) is 18.2. The van der Waals surface area contributed by atoms with E-state index in [4.69, 9.17) is 5.73 Å². The molecule has 5 nitrogen and oxygen atoms in total. The molecule has 2 saturated carbocycles. The third kappa shape index (κ3) is 4.59. The van der Waals surface area contributed by atoms with E-state index < -0.39 is 17.2 Å². The number of carbonyl (C=O) groups is 2. The van der Waals surface area contributed by atoms with Crippen molar-refractivity contribution in [3.8, 4) is 0 Å². The summed E-state index contributed by atoms with van der Waals surface area (Å²) in [5.41, 5.74) is 2.00. The van der Waals surface area contributed by atoms with E-state index in [1.54, 1.807) is 0 Å². The van der Waals surface area contributed by atoms with Gasteiger partial charge in [0.25, 0.3) is 5.91 Å². The molecule has 0 saturated heterocycles. The van der Waals surface area contributed by atoms with Gasteiger partial charge in [-0.15, -0.1) is 0 Å². The van der Waals surface area contributed by atoms with Gasteiger partial charge in [-0.25, -0.2) is 0 Å². The zero-order valence-corrected chi connectivity index (χ0v) is 18.2. The van der Waals surface area contributed by atoms with Crippen LogP contribution in [0.25, 0.3) is 0 Å². The Morgan fingerprint density at radius 2 is 1.39 bits per heavy atom. The minimum Gasteiger partial charge on any atom is -0.376 e. The fraction of sp³-hybridized carbons (Fsp3) is 0.652. The van der Waals surface area contributed by atoms with Crippen molar-refractivity contribution in [2.24, 2.45) is 17.1 Å². The maximum atomic E-state index is 13.2. The number of rotatable bonds is 6. The predicted molar refractivity (Wildman–Crippen MR) is 110 cm³/mol. The highest BCUT2D eigenvalue weighted by Gasteiger charge is 2.51. The van der Waals surface area contributed by atoms with E-state index in [9.17, 15) is 27.9 Å². The number of nitrogens with two attached hydrogens (primary N) is 1. The molecule has 3 N–H and O–H groups in total. The number of primary amides is 1. The fourth-order valence-corrected chi connectivity index (χ4v) is 4.51. The monoisotopic (exact) mass is 440 g/mol. The SMILES string of the molecule is CC(C)(C(N)=O)[C@H]1CC[C@H](N(C(=O)c2ccc([C@](C)(O)C(F)(F)F)cc2)C2CC2)CC1. The Balaban J connectivity index is 1.73.